The number of aromatic nitrogens is 2. The van der Waals surface area contributed by atoms with Gasteiger partial charge in [-0.3, -0.25) is 9.59 Å². The number of esters is 1. The van der Waals surface area contributed by atoms with Crippen LogP contribution >= 0.6 is 0 Å². The molecule has 2 aromatic rings. The van der Waals surface area contributed by atoms with E-state index in [0.717, 1.165) is 18.5 Å². The van der Waals surface area contributed by atoms with Gasteiger partial charge >= 0.3 is 5.97 Å². The van der Waals surface area contributed by atoms with E-state index in [2.05, 4.69) is 15.6 Å². The minimum Gasteiger partial charge on any atom is -0.465 e. The molecule has 3 rings (SSSR count). The van der Waals surface area contributed by atoms with Crippen molar-refractivity contribution in [3.8, 4) is 0 Å². The number of carbonyl (C=O) groups excluding carboxylic acids is 3. The Kier molecular flexibility index (Phi) is 6.31. The number of imidazole rings is 1. The number of hydrogen-bond donors (Lipinski definition) is 2. The van der Waals surface area contributed by atoms with E-state index in [1.807, 2.05) is 18.4 Å². The highest BCUT2D eigenvalue weighted by atomic mass is 16.5. The standard InChI is InChI=1S/C21H26N4O4/c1-13(2)12-22-19(26)17-16-9-4-5-10-25(16)18(24-17)20(27)23-15-8-6-7-14(11-15)21(28)29-3/h6-8,11,13H,4-5,9-10,12H2,1-3H3,(H,22,26)(H,23,27). The first-order valence-electron chi connectivity index (χ1n) is 9.78. The first-order valence-corrected chi connectivity index (χ1v) is 9.78. The van der Waals surface area contributed by atoms with Crippen molar-refractivity contribution < 1.29 is 19.1 Å². The zero-order valence-corrected chi connectivity index (χ0v) is 16.9. The number of carbonyl (C=O) groups is 3. The average Bonchev–Trinajstić information content (AvgIpc) is 3.11. The quantitative estimate of drug-likeness (QED) is 0.729. The van der Waals surface area contributed by atoms with E-state index in [-0.39, 0.29) is 11.7 Å². The third kappa shape index (κ3) is 4.64. The van der Waals surface area contributed by atoms with Crippen molar-refractivity contribution in [1.29, 1.82) is 0 Å². The van der Waals surface area contributed by atoms with Gasteiger partial charge in [0.05, 0.1) is 18.4 Å². The van der Waals surface area contributed by atoms with Crippen LogP contribution in [0.25, 0.3) is 0 Å². The minimum absolute atomic E-state index is 0.206. The summed E-state index contributed by atoms with van der Waals surface area (Å²) in [4.78, 5) is 41.6. The van der Waals surface area contributed by atoms with Crippen LogP contribution in [0.3, 0.4) is 0 Å². The number of anilines is 1. The summed E-state index contributed by atoms with van der Waals surface area (Å²) in [6.07, 6.45) is 2.59. The molecule has 2 amide bonds. The molecule has 0 aliphatic carbocycles. The SMILES string of the molecule is COC(=O)c1cccc(NC(=O)c2nc(C(=O)NCC(C)C)c3n2CCCC3)c1. The molecule has 29 heavy (non-hydrogen) atoms. The van der Waals surface area contributed by atoms with Crippen molar-refractivity contribution in [2.45, 2.75) is 39.7 Å². The third-order valence-corrected chi connectivity index (χ3v) is 4.75. The summed E-state index contributed by atoms with van der Waals surface area (Å²) in [5.74, 6) is -0.627. The van der Waals surface area contributed by atoms with Crippen LogP contribution in [0.2, 0.25) is 0 Å². The largest absolute Gasteiger partial charge is 0.465 e. The molecular formula is C21H26N4O4. The van der Waals surface area contributed by atoms with Crippen molar-refractivity contribution in [2.75, 3.05) is 19.0 Å². The summed E-state index contributed by atoms with van der Waals surface area (Å²) >= 11 is 0. The maximum Gasteiger partial charge on any atom is 0.337 e. The molecule has 0 radical (unpaired) electrons. The monoisotopic (exact) mass is 398 g/mol. The highest BCUT2D eigenvalue weighted by Gasteiger charge is 2.27. The van der Waals surface area contributed by atoms with Crippen LogP contribution in [0.1, 0.15) is 63.8 Å². The fraction of sp³-hybridized carbons (Fsp3) is 0.429. The molecular weight excluding hydrogens is 372 g/mol. The van der Waals surface area contributed by atoms with Crippen molar-refractivity contribution in [1.82, 2.24) is 14.9 Å². The molecule has 1 aromatic heterocycles. The number of methoxy groups -OCH3 is 1. The molecule has 0 saturated carbocycles. The van der Waals surface area contributed by atoms with Crippen molar-refractivity contribution in [3.05, 3.63) is 47.0 Å². The normalized spacial score (nSPS) is 13.0. The van der Waals surface area contributed by atoms with Gasteiger partial charge in [-0.05, 0) is 43.4 Å². The van der Waals surface area contributed by atoms with Gasteiger partial charge in [-0.2, -0.15) is 0 Å². The van der Waals surface area contributed by atoms with Gasteiger partial charge in [-0.15, -0.1) is 0 Å². The summed E-state index contributed by atoms with van der Waals surface area (Å²) in [5, 5.41) is 5.65. The van der Waals surface area contributed by atoms with Crippen LogP contribution in [0, 0.1) is 5.92 Å². The second-order valence-corrected chi connectivity index (χ2v) is 7.47. The summed E-state index contributed by atoms with van der Waals surface area (Å²) in [6.45, 7) is 5.23. The Balaban J connectivity index is 1.85. The maximum absolute atomic E-state index is 12.9. The molecule has 0 unspecified atom stereocenters. The van der Waals surface area contributed by atoms with Crippen molar-refractivity contribution in [3.63, 3.8) is 0 Å². The maximum atomic E-state index is 12.9. The highest BCUT2D eigenvalue weighted by molar-refractivity contribution is 6.04. The van der Waals surface area contributed by atoms with Crippen LogP contribution in [0.5, 0.6) is 0 Å². The van der Waals surface area contributed by atoms with E-state index in [1.165, 1.54) is 7.11 Å². The van der Waals surface area contributed by atoms with E-state index in [0.29, 0.717) is 42.4 Å². The molecule has 1 aromatic carbocycles. The van der Waals surface area contributed by atoms with Gasteiger partial charge in [-0.1, -0.05) is 19.9 Å². The molecule has 0 atom stereocenters. The Morgan fingerprint density at radius 3 is 2.72 bits per heavy atom. The predicted molar refractivity (Wildman–Crippen MR) is 108 cm³/mol. The Bertz CT molecular complexity index is 933. The fourth-order valence-corrected chi connectivity index (χ4v) is 3.31. The number of benzene rings is 1. The Hall–Kier alpha value is -3.16. The zero-order chi connectivity index (χ0) is 21.0. The van der Waals surface area contributed by atoms with Crippen LogP contribution < -0.4 is 10.6 Å². The molecule has 8 nitrogen and oxygen atoms in total. The van der Waals surface area contributed by atoms with E-state index in [9.17, 15) is 14.4 Å². The molecule has 1 aliphatic rings. The highest BCUT2D eigenvalue weighted by Crippen LogP contribution is 2.22. The van der Waals surface area contributed by atoms with Crippen LogP contribution in [-0.4, -0.2) is 41.0 Å². The van der Waals surface area contributed by atoms with Gasteiger partial charge in [0.1, 0.15) is 5.69 Å². The topological polar surface area (TPSA) is 102 Å². The number of nitrogens with one attached hydrogen (secondary N) is 2. The third-order valence-electron chi connectivity index (χ3n) is 4.75. The van der Waals surface area contributed by atoms with Gasteiger partial charge in [0.2, 0.25) is 0 Å². The van der Waals surface area contributed by atoms with E-state index in [1.54, 1.807) is 24.3 Å². The number of hydrogen-bond acceptors (Lipinski definition) is 5. The number of amides is 2. The fourth-order valence-electron chi connectivity index (χ4n) is 3.31. The van der Waals surface area contributed by atoms with Gasteiger partial charge in [-0.25, -0.2) is 9.78 Å². The second kappa shape index (κ2) is 8.89. The number of nitrogens with zero attached hydrogens (tertiary/aromatic N) is 2. The zero-order valence-electron chi connectivity index (χ0n) is 16.9. The smallest absolute Gasteiger partial charge is 0.337 e. The lowest BCUT2D eigenvalue weighted by Crippen LogP contribution is -2.29. The molecule has 0 bridgehead atoms. The molecule has 0 saturated heterocycles. The number of rotatable bonds is 6. The summed E-state index contributed by atoms with van der Waals surface area (Å²) in [6, 6.07) is 6.49. The van der Waals surface area contributed by atoms with Crippen molar-refractivity contribution >= 4 is 23.5 Å². The van der Waals surface area contributed by atoms with Gasteiger partial charge in [0.15, 0.2) is 5.82 Å². The first-order chi connectivity index (χ1) is 13.9. The molecule has 2 N–H and O–H groups in total. The summed E-state index contributed by atoms with van der Waals surface area (Å²) < 4.78 is 6.54. The summed E-state index contributed by atoms with van der Waals surface area (Å²) in [7, 11) is 1.30. The Morgan fingerprint density at radius 1 is 1.21 bits per heavy atom. The average molecular weight is 398 g/mol. The van der Waals surface area contributed by atoms with Crippen LogP contribution in [-0.2, 0) is 17.7 Å². The molecule has 154 valence electrons. The van der Waals surface area contributed by atoms with E-state index < -0.39 is 11.9 Å². The molecule has 2 heterocycles. The number of ether oxygens (including phenoxy) is 1. The van der Waals surface area contributed by atoms with Gasteiger partial charge < -0.3 is 19.9 Å². The first kappa shape index (κ1) is 20.6. The number of fused-ring (bicyclic) bond motifs is 1. The molecule has 0 spiro atoms. The van der Waals surface area contributed by atoms with Crippen LogP contribution in [0.15, 0.2) is 24.3 Å². The lowest BCUT2D eigenvalue weighted by molar-refractivity contribution is 0.0600. The van der Waals surface area contributed by atoms with E-state index in [4.69, 9.17) is 4.74 Å². The lowest BCUT2D eigenvalue weighted by Gasteiger charge is -2.17. The Morgan fingerprint density at radius 2 is 2.00 bits per heavy atom. The van der Waals surface area contributed by atoms with Gasteiger partial charge in [0, 0.05) is 18.8 Å². The predicted octanol–water partition coefficient (Wildman–Crippen LogP) is 2.64. The van der Waals surface area contributed by atoms with Gasteiger partial charge in [0.25, 0.3) is 11.8 Å². The molecule has 8 heteroatoms. The van der Waals surface area contributed by atoms with Crippen molar-refractivity contribution in [2.24, 2.45) is 5.92 Å². The second-order valence-electron chi connectivity index (χ2n) is 7.47. The minimum atomic E-state index is -0.483. The molecule has 0 fully saturated rings. The molecule has 1 aliphatic heterocycles. The lowest BCUT2D eigenvalue weighted by atomic mass is 10.1. The Labute approximate surface area is 169 Å². The van der Waals surface area contributed by atoms with Crippen LogP contribution in [0.4, 0.5) is 5.69 Å². The van der Waals surface area contributed by atoms with E-state index >= 15 is 0 Å². The summed E-state index contributed by atoms with van der Waals surface area (Å²) in [5.41, 5.74) is 1.91.